The molecule has 146 valence electrons. The quantitative estimate of drug-likeness (QED) is 0.278. The van der Waals surface area contributed by atoms with Gasteiger partial charge in [-0.05, 0) is 82.4 Å². The summed E-state index contributed by atoms with van der Waals surface area (Å²) in [6, 6.07) is 15.3. The van der Waals surface area contributed by atoms with E-state index in [1.165, 1.54) is 23.1 Å². The number of hydrogen-bond acceptors (Lipinski definition) is 4. The number of rotatable bonds is 4. The first kappa shape index (κ1) is 20.2. The smallest absolute Gasteiger partial charge is 0.293 e. The molecule has 1 saturated heterocycles. The third-order valence-electron chi connectivity index (χ3n) is 4.23. The molecule has 2 heterocycles. The van der Waals surface area contributed by atoms with Crippen LogP contribution in [-0.2, 0) is 11.3 Å². The molecule has 0 bridgehead atoms. The molecule has 2 amide bonds. The van der Waals surface area contributed by atoms with Crippen LogP contribution in [0.25, 0.3) is 17.4 Å². The summed E-state index contributed by atoms with van der Waals surface area (Å²) < 4.78 is 20.1. The number of furan rings is 1. The molecule has 0 saturated carbocycles. The number of carbonyl (C=O) groups excluding carboxylic acids is 2. The van der Waals surface area contributed by atoms with Crippen molar-refractivity contribution in [3.05, 3.63) is 85.2 Å². The number of thioether (sulfide) groups is 1. The summed E-state index contributed by atoms with van der Waals surface area (Å²) in [7, 11) is 0. The first-order chi connectivity index (χ1) is 13.9. The second kappa shape index (κ2) is 8.33. The fourth-order valence-electron chi connectivity index (χ4n) is 2.77. The van der Waals surface area contributed by atoms with Crippen molar-refractivity contribution in [1.29, 1.82) is 0 Å². The molecular formula is C21H12ClFINO3S. The van der Waals surface area contributed by atoms with Crippen LogP contribution in [0, 0.1) is 9.39 Å². The first-order valence-electron chi connectivity index (χ1n) is 8.46. The largest absolute Gasteiger partial charge is 0.457 e. The number of hydrogen-bond donors (Lipinski definition) is 0. The molecule has 1 aliphatic rings. The van der Waals surface area contributed by atoms with Crippen LogP contribution in [0.4, 0.5) is 9.18 Å². The minimum absolute atomic E-state index is 0.00262. The highest BCUT2D eigenvalue weighted by Crippen LogP contribution is 2.34. The molecule has 4 rings (SSSR count). The van der Waals surface area contributed by atoms with Gasteiger partial charge in [-0.15, -0.1) is 0 Å². The zero-order chi connectivity index (χ0) is 20.5. The molecule has 0 aliphatic carbocycles. The molecule has 4 nitrogen and oxygen atoms in total. The summed E-state index contributed by atoms with van der Waals surface area (Å²) in [6.07, 6.45) is 1.54. The van der Waals surface area contributed by atoms with E-state index in [0.717, 1.165) is 20.9 Å². The van der Waals surface area contributed by atoms with Crippen molar-refractivity contribution >= 4 is 63.2 Å². The van der Waals surface area contributed by atoms with Gasteiger partial charge < -0.3 is 4.42 Å². The number of imide groups is 1. The fraction of sp³-hybridized carbons (Fsp3) is 0.0476. The summed E-state index contributed by atoms with van der Waals surface area (Å²) in [6.45, 7) is 0.219. The molecule has 3 aromatic rings. The van der Waals surface area contributed by atoms with Crippen molar-refractivity contribution in [3.8, 4) is 11.3 Å². The standard InChI is InChI=1S/C21H12ClFINO3S/c22-16-9-13(3-7-17(16)23)18-8-6-15(28-18)10-19-20(26)25(21(27)29-19)11-12-1-4-14(24)5-2-12/h1-10H,11H2/b19-10-. The molecule has 8 heteroatoms. The van der Waals surface area contributed by atoms with E-state index < -0.39 is 5.82 Å². The van der Waals surface area contributed by atoms with Gasteiger partial charge in [0.15, 0.2) is 0 Å². The lowest BCUT2D eigenvalue weighted by molar-refractivity contribution is -0.123. The number of carbonyl (C=O) groups is 2. The molecule has 0 N–H and O–H groups in total. The van der Waals surface area contributed by atoms with Gasteiger partial charge in [0.05, 0.1) is 16.5 Å². The Labute approximate surface area is 188 Å². The highest BCUT2D eigenvalue weighted by Gasteiger charge is 2.35. The van der Waals surface area contributed by atoms with Crippen molar-refractivity contribution in [3.63, 3.8) is 0 Å². The number of halogens is 3. The van der Waals surface area contributed by atoms with Crippen LogP contribution < -0.4 is 0 Å². The first-order valence-corrected chi connectivity index (χ1v) is 10.7. The van der Waals surface area contributed by atoms with Gasteiger partial charge in [-0.1, -0.05) is 23.7 Å². The molecule has 0 spiro atoms. The molecule has 1 fully saturated rings. The van der Waals surface area contributed by atoms with Gasteiger partial charge in [0.1, 0.15) is 17.3 Å². The maximum Gasteiger partial charge on any atom is 0.293 e. The van der Waals surface area contributed by atoms with E-state index in [2.05, 4.69) is 22.6 Å². The summed E-state index contributed by atoms with van der Waals surface area (Å²) in [4.78, 5) is 26.5. The van der Waals surface area contributed by atoms with Crippen LogP contribution in [0.5, 0.6) is 0 Å². The van der Waals surface area contributed by atoms with Gasteiger partial charge in [-0.2, -0.15) is 0 Å². The van der Waals surface area contributed by atoms with E-state index in [1.54, 1.807) is 18.2 Å². The minimum Gasteiger partial charge on any atom is -0.457 e. The molecule has 0 atom stereocenters. The number of nitrogens with zero attached hydrogens (tertiary/aromatic N) is 1. The van der Waals surface area contributed by atoms with Crippen molar-refractivity contribution in [2.24, 2.45) is 0 Å². The Morgan fingerprint density at radius 1 is 1.10 bits per heavy atom. The Morgan fingerprint density at radius 3 is 2.59 bits per heavy atom. The van der Waals surface area contributed by atoms with Crippen molar-refractivity contribution in [2.45, 2.75) is 6.54 Å². The van der Waals surface area contributed by atoms with Gasteiger partial charge in [0.25, 0.3) is 11.1 Å². The normalized spacial score (nSPS) is 15.6. The summed E-state index contributed by atoms with van der Waals surface area (Å²) >= 11 is 8.89. The minimum atomic E-state index is -0.510. The molecule has 0 radical (unpaired) electrons. The monoisotopic (exact) mass is 539 g/mol. The van der Waals surface area contributed by atoms with Crippen LogP contribution in [0.3, 0.4) is 0 Å². The SMILES string of the molecule is O=C1S/C(=C\c2ccc(-c3ccc(F)c(Cl)c3)o2)C(=O)N1Cc1ccc(I)cc1. The second-order valence-corrected chi connectivity index (χ2v) is 8.87. The molecule has 2 aromatic carbocycles. The maximum absolute atomic E-state index is 13.3. The van der Waals surface area contributed by atoms with Gasteiger partial charge in [-0.25, -0.2) is 4.39 Å². The topological polar surface area (TPSA) is 50.5 Å². The lowest BCUT2D eigenvalue weighted by atomic mass is 10.2. The van der Waals surface area contributed by atoms with Crippen molar-refractivity contribution < 1.29 is 18.4 Å². The maximum atomic E-state index is 13.3. The van der Waals surface area contributed by atoms with E-state index in [9.17, 15) is 14.0 Å². The Balaban J connectivity index is 1.53. The molecule has 0 unspecified atom stereocenters. The molecule has 1 aromatic heterocycles. The van der Waals surface area contributed by atoms with E-state index in [0.29, 0.717) is 22.0 Å². The average molecular weight is 540 g/mol. The fourth-order valence-corrected chi connectivity index (χ4v) is 4.13. The predicted molar refractivity (Wildman–Crippen MR) is 120 cm³/mol. The summed E-state index contributed by atoms with van der Waals surface area (Å²) in [5, 5.41) is -0.325. The Bertz CT molecular complexity index is 1140. The van der Waals surface area contributed by atoms with Crippen LogP contribution in [-0.4, -0.2) is 16.0 Å². The van der Waals surface area contributed by atoms with E-state index in [1.807, 2.05) is 24.3 Å². The van der Waals surface area contributed by atoms with E-state index in [-0.39, 0.29) is 22.7 Å². The number of amides is 2. The van der Waals surface area contributed by atoms with E-state index >= 15 is 0 Å². The highest BCUT2D eigenvalue weighted by molar-refractivity contribution is 14.1. The van der Waals surface area contributed by atoms with Crippen molar-refractivity contribution in [1.82, 2.24) is 4.90 Å². The lowest BCUT2D eigenvalue weighted by Gasteiger charge is -2.12. The van der Waals surface area contributed by atoms with Crippen LogP contribution in [0.2, 0.25) is 5.02 Å². The van der Waals surface area contributed by atoms with E-state index in [4.69, 9.17) is 16.0 Å². The van der Waals surface area contributed by atoms with Gasteiger partial charge in [-0.3, -0.25) is 14.5 Å². The molecular weight excluding hydrogens is 528 g/mol. The predicted octanol–water partition coefficient (Wildman–Crippen LogP) is 6.58. The summed E-state index contributed by atoms with van der Waals surface area (Å²) in [5.74, 6) is 0.0294. The van der Waals surface area contributed by atoms with Crippen molar-refractivity contribution in [2.75, 3.05) is 0 Å². The van der Waals surface area contributed by atoms with Gasteiger partial charge in [0.2, 0.25) is 0 Å². The third kappa shape index (κ3) is 4.41. The van der Waals surface area contributed by atoms with Crippen LogP contribution >= 0.6 is 46.0 Å². The zero-order valence-electron chi connectivity index (χ0n) is 14.7. The van der Waals surface area contributed by atoms with Gasteiger partial charge in [0, 0.05) is 15.2 Å². The Morgan fingerprint density at radius 2 is 1.86 bits per heavy atom. The number of benzene rings is 2. The average Bonchev–Trinajstić information content (AvgIpc) is 3.26. The molecule has 1 aliphatic heterocycles. The third-order valence-corrected chi connectivity index (χ3v) is 6.15. The second-order valence-electron chi connectivity index (χ2n) is 6.23. The highest BCUT2D eigenvalue weighted by atomic mass is 127. The molecule has 29 heavy (non-hydrogen) atoms. The van der Waals surface area contributed by atoms with Crippen LogP contribution in [0.1, 0.15) is 11.3 Å². The Kier molecular flexibility index (Phi) is 5.80. The van der Waals surface area contributed by atoms with Crippen LogP contribution in [0.15, 0.2) is 63.9 Å². The zero-order valence-corrected chi connectivity index (χ0v) is 18.4. The Hall–Kier alpha value is -2.10. The van der Waals surface area contributed by atoms with Gasteiger partial charge >= 0.3 is 0 Å². The lowest BCUT2D eigenvalue weighted by Crippen LogP contribution is -2.27. The summed E-state index contributed by atoms with van der Waals surface area (Å²) in [5.41, 5.74) is 1.49.